The molecule has 1 atom stereocenters. The summed E-state index contributed by atoms with van der Waals surface area (Å²) in [5.41, 5.74) is 13.3. The van der Waals surface area contributed by atoms with E-state index in [2.05, 4.69) is 28.6 Å². The number of carbonyl (C=O) groups is 1. The minimum absolute atomic E-state index is 0.119. The van der Waals surface area contributed by atoms with Crippen molar-refractivity contribution in [3.63, 3.8) is 0 Å². The smallest absolute Gasteiger partial charge is 0.252 e. The minimum atomic E-state index is -0.215. The molecule has 5 nitrogen and oxygen atoms in total. The molecule has 0 bridgehead atoms. The molecule has 4 aromatic rings. The summed E-state index contributed by atoms with van der Waals surface area (Å²) in [4.78, 5) is 13.1. The SMILES string of the molecule is Cc1ccc(CN)cc1C(=O)NC(C)c1cc(-c2cccc(Cl)c2)cc(-c2cnn(C)c2)c1. The molecule has 1 amide bonds. The maximum Gasteiger partial charge on any atom is 0.252 e. The van der Waals surface area contributed by atoms with Crippen LogP contribution in [0, 0.1) is 6.92 Å². The van der Waals surface area contributed by atoms with E-state index in [1.54, 1.807) is 4.68 Å². The number of rotatable bonds is 6. The molecule has 6 heteroatoms. The van der Waals surface area contributed by atoms with Crippen LogP contribution in [0.1, 0.15) is 40.0 Å². The van der Waals surface area contributed by atoms with Crippen LogP contribution in [0.4, 0.5) is 0 Å². The quantitative estimate of drug-likeness (QED) is 0.391. The number of amides is 1. The number of nitrogens with two attached hydrogens (primary N) is 1. The standard InChI is InChI=1S/C27H27ClN4O/c1-17-7-8-19(14-29)9-26(17)27(33)31-18(2)21-10-22(20-5-4-6-25(28)13-20)12-23(11-21)24-15-30-32(3)16-24/h4-13,15-16,18H,14,29H2,1-3H3,(H,31,33). The summed E-state index contributed by atoms with van der Waals surface area (Å²) in [6.45, 7) is 4.32. The van der Waals surface area contributed by atoms with E-state index in [9.17, 15) is 4.79 Å². The fraction of sp³-hybridized carbons (Fsp3) is 0.185. The lowest BCUT2D eigenvalue weighted by Gasteiger charge is -2.18. The summed E-state index contributed by atoms with van der Waals surface area (Å²) in [5.74, 6) is -0.119. The summed E-state index contributed by atoms with van der Waals surface area (Å²) in [6.07, 6.45) is 3.82. The molecule has 1 unspecified atom stereocenters. The number of aryl methyl sites for hydroxylation is 2. The molecule has 0 aliphatic heterocycles. The van der Waals surface area contributed by atoms with Crippen LogP contribution in [0.15, 0.2) is 73.1 Å². The van der Waals surface area contributed by atoms with Crippen LogP contribution in [0.2, 0.25) is 5.02 Å². The Labute approximate surface area is 199 Å². The highest BCUT2D eigenvalue weighted by Crippen LogP contribution is 2.31. The molecular formula is C27H27ClN4O. The number of aromatic nitrogens is 2. The van der Waals surface area contributed by atoms with Gasteiger partial charge in [0.2, 0.25) is 0 Å². The van der Waals surface area contributed by atoms with Crippen molar-refractivity contribution in [2.24, 2.45) is 12.8 Å². The predicted molar refractivity (Wildman–Crippen MR) is 134 cm³/mol. The molecule has 33 heavy (non-hydrogen) atoms. The van der Waals surface area contributed by atoms with Crippen molar-refractivity contribution in [2.75, 3.05) is 0 Å². The molecule has 0 fully saturated rings. The Kier molecular flexibility index (Phi) is 6.63. The van der Waals surface area contributed by atoms with E-state index in [-0.39, 0.29) is 11.9 Å². The number of halogens is 1. The van der Waals surface area contributed by atoms with Crippen LogP contribution in [-0.2, 0) is 13.6 Å². The Hall–Kier alpha value is -3.41. The molecule has 0 radical (unpaired) electrons. The second-order valence-electron chi connectivity index (χ2n) is 8.31. The fourth-order valence-corrected chi connectivity index (χ4v) is 4.06. The maximum absolute atomic E-state index is 13.1. The van der Waals surface area contributed by atoms with Crippen molar-refractivity contribution < 1.29 is 4.79 Å². The first kappa shape index (κ1) is 22.8. The highest BCUT2D eigenvalue weighted by molar-refractivity contribution is 6.30. The van der Waals surface area contributed by atoms with Gasteiger partial charge < -0.3 is 11.1 Å². The van der Waals surface area contributed by atoms with Gasteiger partial charge in [-0.2, -0.15) is 5.10 Å². The first-order valence-corrected chi connectivity index (χ1v) is 11.2. The van der Waals surface area contributed by atoms with Crippen LogP contribution in [0.3, 0.4) is 0 Å². The lowest BCUT2D eigenvalue weighted by atomic mass is 9.94. The number of nitrogens with zero attached hydrogens (tertiary/aromatic N) is 2. The van der Waals surface area contributed by atoms with Crippen LogP contribution >= 0.6 is 11.6 Å². The topological polar surface area (TPSA) is 72.9 Å². The van der Waals surface area contributed by atoms with E-state index in [4.69, 9.17) is 17.3 Å². The second kappa shape index (κ2) is 9.61. The van der Waals surface area contributed by atoms with Gasteiger partial charge in [-0.25, -0.2) is 0 Å². The van der Waals surface area contributed by atoms with Crippen molar-refractivity contribution in [3.8, 4) is 22.3 Å². The first-order chi connectivity index (χ1) is 15.8. The van der Waals surface area contributed by atoms with Crippen molar-refractivity contribution in [1.82, 2.24) is 15.1 Å². The van der Waals surface area contributed by atoms with E-state index >= 15 is 0 Å². The van der Waals surface area contributed by atoms with Crippen molar-refractivity contribution in [3.05, 3.63) is 100 Å². The highest BCUT2D eigenvalue weighted by atomic mass is 35.5. The monoisotopic (exact) mass is 458 g/mol. The predicted octanol–water partition coefficient (Wildman–Crippen LogP) is 5.67. The molecule has 0 aliphatic carbocycles. The molecule has 3 aromatic carbocycles. The number of hydrogen-bond donors (Lipinski definition) is 2. The zero-order valence-electron chi connectivity index (χ0n) is 19.0. The average Bonchev–Trinajstić information content (AvgIpc) is 3.25. The minimum Gasteiger partial charge on any atom is -0.346 e. The Bertz CT molecular complexity index is 1310. The molecule has 4 rings (SSSR count). The Morgan fingerprint density at radius 3 is 2.48 bits per heavy atom. The number of carbonyl (C=O) groups excluding carboxylic acids is 1. The van der Waals surface area contributed by atoms with Gasteiger partial charge in [0, 0.05) is 35.9 Å². The van der Waals surface area contributed by atoms with Gasteiger partial charge in [-0.15, -0.1) is 0 Å². The zero-order valence-corrected chi connectivity index (χ0v) is 19.7. The normalized spacial score (nSPS) is 11.9. The molecule has 1 heterocycles. The molecule has 1 aromatic heterocycles. The third-order valence-corrected chi connectivity index (χ3v) is 6.02. The second-order valence-corrected chi connectivity index (χ2v) is 8.74. The summed E-state index contributed by atoms with van der Waals surface area (Å²) < 4.78 is 1.78. The molecule has 0 aliphatic rings. The number of benzene rings is 3. The van der Waals surface area contributed by atoms with Gasteiger partial charge in [0.1, 0.15) is 0 Å². The third kappa shape index (κ3) is 5.16. The molecule has 0 saturated carbocycles. The Balaban J connectivity index is 1.71. The summed E-state index contributed by atoms with van der Waals surface area (Å²) in [5, 5.41) is 8.14. The van der Waals surface area contributed by atoms with Gasteiger partial charge in [0.15, 0.2) is 0 Å². The van der Waals surface area contributed by atoms with E-state index in [1.807, 2.05) is 75.8 Å². The van der Waals surface area contributed by atoms with Gasteiger partial charge in [-0.1, -0.05) is 35.9 Å². The van der Waals surface area contributed by atoms with Gasteiger partial charge >= 0.3 is 0 Å². The van der Waals surface area contributed by atoms with Crippen LogP contribution in [-0.4, -0.2) is 15.7 Å². The van der Waals surface area contributed by atoms with Crippen LogP contribution in [0.5, 0.6) is 0 Å². The van der Waals surface area contributed by atoms with Gasteiger partial charge in [0.25, 0.3) is 5.91 Å². The van der Waals surface area contributed by atoms with E-state index in [1.165, 1.54) is 0 Å². The van der Waals surface area contributed by atoms with Crippen molar-refractivity contribution >= 4 is 17.5 Å². The van der Waals surface area contributed by atoms with E-state index in [0.29, 0.717) is 17.1 Å². The van der Waals surface area contributed by atoms with E-state index < -0.39 is 0 Å². The zero-order chi connectivity index (χ0) is 23.5. The highest BCUT2D eigenvalue weighted by Gasteiger charge is 2.16. The lowest BCUT2D eigenvalue weighted by Crippen LogP contribution is -2.27. The molecular weight excluding hydrogens is 432 g/mol. The van der Waals surface area contributed by atoms with Gasteiger partial charge in [-0.3, -0.25) is 9.48 Å². The third-order valence-electron chi connectivity index (χ3n) is 5.78. The number of hydrogen-bond acceptors (Lipinski definition) is 3. The first-order valence-electron chi connectivity index (χ1n) is 10.8. The summed E-state index contributed by atoms with van der Waals surface area (Å²) in [6, 6.07) is 19.6. The average molecular weight is 459 g/mol. The van der Waals surface area contributed by atoms with Crippen molar-refractivity contribution in [2.45, 2.75) is 26.4 Å². The van der Waals surface area contributed by atoms with Gasteiger partial charge in [-0.05, 0) is 83.6 Å². The number of nitrogens with one attached hydrogen (secondary N) is 1. The summed E-state index contributed by atoms with van der Waals surface area (Å²) >= 11 is 6.25. The Morgan fingerprint density at radius 1 is 1.06 bits per heavy atom. The Morgan fingerprint density at radius 2 is 1.82 bits per heavy atom. The lowest BCUT2D eigenvalue weighted by molar-refractivity contribution is 0.0939. The molecule has 3 N–H and O–H groups in total. The van der Waals surface area contributed by atoms with Crippen LogP contribution < -0.4 is 11.1 Å². The largest absolute Gasteiger partial charge is 0.346 e. The molecule has 168 valence electrons. The maximum atomic E-state index is 13.1. The van der Waals surface area contributed by atoms with Gasteiger partial charge in [0.05, 0.1) is 12.2 Å². The molecule has 0 saturated heterocycles. The van der Waals surface area contributed by atoms with Crippen molar-refractivity contribution in [1.29, 1.82) is 0 Å². The molecule has 0 spiro atoms. The van der Waals surface area contributed by atoms with Crippen LogP contribution in [0.25, 0.3) is 22.3 Å². The van der Waals surface area contributed by atoms with E-state index in [0.717, 1.165) is 38.9 Å². The summed E-state index contributed by atoms with van der Waals surface area (Å²) in [7, 11) is 1.89. The fourth-order valence-electron chi connectivity index (χ4n) is 3.87.